The molecular weight excluding hydrogens is 370 g/mol. The largest absolute Gasteiger partial charge is 0.496 e. The number of carbonyl (C=O) groups is 2. The predicted octanol–water partition coefficient (Wildman–Crippen LogP) is 3.49. The first-order valence-corrected chi connectivity index (χ1v) is 9.49. The Kier molecular flexibility index (Phi) is 6.16. The molecular formula is C22H25N3O4. The lowest BCUT2D eigenvalue weighted by molar-refractivity contribution is -0.148. The van der Waals surface area contributed by atoms with Gasteiger partial charge in [0.1, 0.15) is 18.1 Å². The van der Waals surface area contributed by atoms with Gasteiger partial charge in [-0.05, 0) is 45.0 Å². The Bertz CT molecular complexity index is 1030. The minimum absolute atomic E-state index is 0.0168. The van der Waals surface area contributed by atoms with E-state index in [4.69, 9.17) is 9.47 Å². The first kappa shape index (κ1) is 20.4. The van der Waals surface area contributed by atoms with Crippen molar-refractivity contribution in [3.63, 3.8) is 0 Å². The van der Waals surface area contributed by atoms with Crippen molar-refractivity contribution in [1.82, 2.24) is 14.9 Å². The minimum Gasteiger partial charge on any atom is -0.496 e. The van der Waals surface area contributed by atoms with E-state index in [1.165, 1.54) is 7.11 Å². The Hall–Kier alpha value is -3.35. The van der Waals surface area contributed by atoms with Crippen LogP contribution in [0, 0.1) is 0 Å². The number of rotatable bonds is 7. The van der Waals surface area contributed by atoms with Crippen LogP contribution in [0.15, 0.2) is 48.5 Å². The molecule has 3 rings (SSSR count). The number of nitrogens with zero attached hydrogens (tertiary/aromatic N) is 2. The highest BCUT2D eigenvalue weighted by Crippen LogP contribution is 2.23. The van der Waals surface area contributed by atoms with Gasteiger partial charge in [-0.1, -0.05) is 24.3 Å². The molecule has 1 N–H and O–H groups in total. The Balaban J connectivity index is 1.90. The van der Waals surface area contributed by atoms with Crippen LogP contribution in [0.1, 0.15) is 43.0 Å². The lowest BCUT2D eigenvalue weighted by atomic mass is 10.1. The topological polar surface area (TPSA) is 82.5 Å². The van der Waals surface area contributed by atoms with E-state index in [0.717, 1.165) is 11.0 Å². The fraction of sp³-hybridized carbons (Fsp3) is 0.318. The highest BCUT2D eigenvalue weighted by atomic mass is 16.5. The molecule has 0 aliphatic heterocycles. The molecule has 0 saturated carbocycles. The number of nitrogens with one attached hydrogen (secondary N) is 1. The summed E-state index contributed by atoms with van der Waals surface area (Å²) in [4.78, 5) is 29.7. The van der Waals surface area contributed by atoms with E-state index in [1.54, 1.807) is 42.7 Å². The molecule has 29 heavy (non-hydrogen) atoms. The van der Waals surface area contributed by atoms with Crippen LogP contribution in [0.25, 0.3) is 11.0 Å². The van der Waals surface area contributed by atoms with Gasteiger partial charge in [0.05, 0.1) is 35.9 Å². The van der Waals surface area contributed by atoms with Gasteiger partial charge in [-0.25, -0.2) is 4.98 Å². The Labute approximate surface area is 169 Å². The summed E-state index contributed by atoms with van der Waals surface area (Å²) in [5.74, 6) is 0.437. The number of ether oxygens (including phenoxy) is 2. The van der Waals surface area contributed by atoms with E-state index in [9.17, 15) is 9.59 Å². The maximum Gasteiger partial charge on any atom is 0.326 e. The SMILES string of the molecule is COc1ccccc1C(=O)NC(C)c1nc2ccccc2n1CC(=O)OC(C)C. The van der Waals surface area contributed by atoms with Gasteiger partial charge in [-0.2, -0.15) is 0 Å². The summed E-state index contributed by atoms with van der Waals surface area (Å²) in [6.07, 6.45) is -0.205. The van der Waals surface area contributed by atoms with Crippen LogP contribution in [-0.4, -0.2) is 34.6 Å². The zero-order valence-electron chi connectivity index (χ0n) is 17.0. The Morgan fingerprint density at radius 1 is 1.07 bits per heavy atom. The van der Waals surface area contributed by atoms with E-state index in [-0.39, 0.29) is 24.5 Å². The second-order valence-electron chi connectivity index (χ2n) is 6.98. The van der Waals surface area contributed by atoms with Gasteiger partial charge >= 0.3 is 5.97 Å². The van der Waals surface area contributed by atoms with E-state index >= 15 is 0 Å². The average Bonchev–Trinajstić information content (AvgIpc) is 3.05. The third-order valence-corrected chi connectivity index (χ3v) is 4.42. The van der Waals surface area contributed by atoms with Crippen molar-refractivity contribution in [1.29, 1.82) is 0 Å². The van der Waals surface area contributed by atoms with Gasteiger partial charge in [0.15, 0.2) is 0 Å². The molecule has 1 amide bonds. The molecule has 152 valence electrons. The van der Waals surface area contributed by atoms with Crippen LogP contribution in [0.4, 0.5) is 0 Å². The third kappa shape index (κ3) is 4.56. The van der Waals surface area contributed by atoms with E-state index in [1.807, 2.05) is 31.2 Å². The Morgan fingerprint density at radius 2 is 1.76 bits per heavy atom. The van der Waals surface area contributed by atoms with Crippen LogP contribution in [0.2, 0.25) is 0 Å². The fourth-order valence-corrected chi connectivity index (χ4v) is 3.19. The summed E-state index contributed by atoms with van der Waals surface area (Å²) >= 11 is 0. The normalized spacial score (nSPS) is 12.0. The standard InChI is InChI=1S/C22H25N3O4/c1-14(2)29-20(26)13-25-18-11-7-6-10-17(18)24-21(25)15(3)23-22(27)16-9-5-8-12-19(16)28-4/h5-12,14-15H,13H2,1-4H3,(H,23,27). The van der Waals surface area contributed by atoms with Gasteiger partial charge < -0.3 is 19.4 Å². The molecule has 0 radical (unpaired) electrons. The molecule has 0 aliphatic rings. The second kappa shape index (κ2) is 8.77. The molecule has 0 saturated heterocycles. The van der Waals surface area contributed by atoms with Gasteiger partial charge in [-0.15, -0.1) is 0 Å². The molecule has 3 aromatic rings. The van der Waals surface area contributed by atoms with Gasteiger partial charge in [0.25, 0.3) is 5.91 Å². The van der Waals surface area contributed by atoms with Crippen LogP contribution in [0.3, 0.4) is 0 Å². The van der Waals surface area contributed by atoms with Crippen molar-refractivity contribution >= 4 is 22.9 Å². The van der Waals surface area contributed by atoms with E-state index in [2.05, 4.69) is 10.3 Å². The smallest absolute Gasteiger partial charge is 0.326 e. The van der Waals surface area contributed by atoms with Crippen molar-refractivity contribution < 1.29 is 19.1 Å². The molecule has 1 unspecified atom stereocenters. The third-order valence-electron chi connectivity index (χ3n) is 4.42. The summed E-state index contributed by atoms with van der Waals surface area (Å²) < 4.78 is 12.4. The first-order chi connectivity index (χ1) is 13.9. The lowest BCUT2D eigenvalue weighted by Gasteiger charge is -2.17. The molecule has 7 heteroatoms. The molecule has 0 spiro atoms. The van der Waals surface area contributed by atoms with Crippen LogP contribution in [-0.2, 0) is 16.1 Å². The molecule has 0 fully saturated rings. The number of benzene rings is 2. The van der Waals surface area contributed by atoms with Crippen molar-refractivity contribution in [3.05, 3.63) is 59.9 Å². The van der Waals surface area contributed by atoms with Crippen molar-refractivity contribution in [2.45, 2.75) is 39.5 Å². The fourth-order valence-electron chi connectivity index (χ4n) is 3.19. The zero-order chi connectivity index (χ0) is 21.0. The monoisotopic (exact) mass is 395 g/mol. The summed E-state index contributed by atoms with van der Waals surface area (Å²) in [6, 6.07) is 14.1. The number of carbonyl (C=O) groups excluding carboxylic acids is 2. The van der Waals surface area contributed by atoms with Crippen molar-refractivity contribution in [2.24, 2.45) is 0 Å². The summed E-state index contributed by atoms with van der Waals surface area (Å²) in [7, 11) is 1.52. The molecule has 7 nitrogen and oxygen atoms in total. The number of imidazole rings is 1. The molecule has 1 aromatic heterocycles. The van der Waals surface area contributed by atoms with E-state index in [0.29, 0.717) is 17.1 Å². The maximum atomic E-state index is 12.8. The number of fused-ring (bicyclic) bond motifs is 1. The lowest BCUT2D eigenvalue weighted by Crippen LogP contribution is -2.30. The number of esters is 1. The van der Waals surface area contributed by atoms with Crippen LogP contribution in [0.5, 0.6) is 5.75 Å². The average molecular weight is 395 g/mol. The van der Waals surface area contributed by atoms with Gasteiger partial charge in [0.2, 0.25) is 0 Å². The summed E-state index contributed by atoms with van der Waals surface area (Å²) in [5.41, 5.74) is 1.99. The second-order valence-corrected chi connectivity index (χ2v) is 6.98. The number of methoxy groups -OCH3 is 1. The van der Waals surface area contributed by atoms with Crippen molar-refractivity contribution in [3.8, 4) is 5.75 Å². The Morgan fingerprint density at radius 3 is 2.48 bits per heavy atom. The minimum atomic E-state index is -0.438. The van der Waals surface area contributed by atoms with Crippen LogP contribution >= 0.6 is 0 Å². The quantitative estimate of drug-likeness (QED) is 0.619. The molecule has 1 heterocycles. The van der Waals surface area contributed by atoms with Crippen molar-refractivity contribution in [2.75, 3.05) is 7.11 Å². The molecule has 0 aliphatic carbocycles. The van der Waals surface area contributed by atoms with Crippen LogP contribution < -0.4 is 10.1 Å². The molecule has 0 bridgehead atoms. The first-order valence-electron chi connectivity index (χ1n) is 9.49. The highest BCUT2D eigenvalue weighted by molar-refractivity contribution is 5.97. The van der Waals surface area contributed by atoms with Gasteiger partial charge in [0, 0.05) is 0 Å². The molecule has 2 aromatic carbocycles. The summed E-state index contributed by atoms with van der Waals surface area (Å²) in [6.45, 7) is 5.46. The van der Waals surface area contributed by atoms with Gasteiger partial charge in [-0.3, -0.25) is 9.59 Å². The zero-order valence-corrected chi connectivity index (χ0v) is 17.0. The molecule has 1 atom stereocenters. The number of amides is 1. The number of hydrogen-bond donors (Lipinski definition) is 1. The highest BCUT2D eigenvalue weighted by Gasteiger charge is 2.22. The number of aromatic nitrogens is 2. The van der Waals surface area contributed by atoms with E-state index < -0.39 is 6.04 Å². The number of hydrogen-bond acceptors (Lipinski definition) is 5. The predicted molar refractivity (Wildman–Crippen MR) is 110 cm³/mol. The summed E-state index contributed by atoms with van der Waals surface area (Å²) in [5, 5.41) is 2.95. The maximum absolute atomic E-state index is 12.8. The number of para-hydroxylation sites is 3.